The van der Waals surface area contributed by atoms with Gasteiger partial charge in [-0.3, -0.25) is 0 Å². The molecule has 96 valence electrons. The highest BCUT2D eigenvalue weighted by Crippen LogP contribution is 2.26. The van der Waals surface area contributed by atoms with E-state index in [1.165, 1.54) is 25.7 Å². The topological polar surface area (TPSA) is 21.3 Å². The minimum Gasteiger partial charge on any atom is -0.378 e. The van der Waals surface area contributed by atoms with Crippen molar-refractivity contribution in [2.45, 2.75) is 65.5 Å². The van der Waals surface area contributed by atoms with Crippen LogP contribution in [0.2, 0.25) is 0 Å². The van der Waals surface area contributed by atoms with Gasteiger partial charge in [0, 0.05) is 12.0 Å². The molecule has 0 aromatic rings. The molecule has 0 spiro atoms. The van der Waals surface area contributed by atoms with E-state index in [9.17, 15) is 0 Å². The van der Waals surface area contributed by atoms with Crippen LogP contribution in [0.5, 0.6) is 0 Å². The van der Waals surface area contributed by atoms with Gasteiger partial charge in [-0.05, 0) is 32.2 Å². The standard InChI is InChI=1S/C14H29NO/c1-5-7-11(3)8-14(15-6-2)13-9-12(4)16-10-13/h11-15H,5-10H2,1-4H3. The van der Waals surface area contributed by atoms with Crippen molar-refractivity contribution in [2.75, 3.05) is 13.2 Å². The fourth-order valence-electron chi connectivity index (χ4n) is 2.88. The molecule has 0 amide bonds. The molecule has 1 aliphatic rings. The minimum absolute atomic E-state index is 0.465. The van der Waals surface area contributed by atoms with Crippen LogP contribution >= 0.6 is 0 Å². The zero-order valence-electron chi connectivity index (χ0n) is 11.5. The summed E-state index contributed by atoms with van der Waals surface area (Å²) in [4.78, 5) is 0. The second-order valence-corrected chi connectivity index (χ2v) is 5.43. The van der Waals surface area contributed by atoms with Gasteiger partial charge < -0.3 is 10.1 Å². The first kappa shape index (κ1) is 14.0. The summed E-state index contributed by atoms with van der Waals surface area (Å²) < 4.78 is 5.69. The van der Waals surface area contributed by atoms with Crippen molar-refractivity contribution in [1.82, 2.24) is 5.32 Å². The summed E-state index contributed by atoms with van der Waals surface area (Å²) in [5.74, 6) is 1.57. The van der Waals surface area contributed by atoms with Crippen molar-refractivity contribution in [1.29, 1.82) is 0 Å². The molecule has 2 heteroatoms. The van der Waals surface area contributed by atoms with Crippen LogP contribution < -0.4 is 5.32 Å². The third-order valence-corrected chi connectivity index (χ3v) is 3.70. The lowest BCUT2D eigenvalue weighted by molar-refractivity contribution is 0.115. The van der Waals surface area contributed by atoms with Crippen molar-refractivity contribution >= 4 is 0 Å². The molecule has 0 aromatic carbocycles. The summed E-state index contributed by atoms with van der Waals surface area (Å²) in [5.41, 5.74) is 0. The third kappa shape index (κ3) is 4.42. The predicted molar refractivity (Wildman–Crippen MR) is 69.7 cm³/mol. The number of hydrogen-bond acceptors (Lipinski definition) is 2. The number of ether oxygens (including phenoxy) is 1. The van der Waals surface area contributed by atoms with Gasteiger partial charge in [0.05, 0.1) is 12.7 Å². The second kappa shape index (κ2) is 7.29. The predicted octanol–water partition coefficient (Wildman–Crippen LogP) is 3.22. The molecule has 0 bridgehead atoms. The fourth-order valence-corrected chi connectivity index (χ4v) is 2.88. The first-order valence-electron chi connectivity index (χ1n) is 7.02. The quantitative estimate of drug-likeness (QED) is 0.721. The molecule has 1 saturated heterocycles. The highest BCUT2D eigenvalue weighted by atomic mass is 16.5. The Bertz CT molecular complexity index is 184. The van der Waals surface area contributed by atoms with Gasteiger partial charge >= 0.3 is 0 Å². The fraction of sp³-hybridized carbons (Fsp3) is 1.00. The van der Waals surface area contributed by atoms with Gasteiger partial charge in [-0.15, -0.1) is 0 Å². The van der Waals surface area contributed by atoms with Crippen LogP contribution in [0.1, 0.15) is 53.4 Å². The molecule has 1 heterocycles. The average Bonchev–Trinajstić information content (AvgIpc) is 2.64. The molecule has 1 N–H and O–H groups in total. The van der Waals surface area contributed by atoms with Gasteiger partial charge in [0.15, 0.2) is 0 Å². The molecule has 0 aliphatic carbocycles. The van der Waals surface area contributed by atoms with E-state index >= 15 is 0 Å². The SMILES string of the molecule is CCCC(C)CC(NCC)C1COC(C)C1. The van der Waals surface area contributed by atoms with Crippen LogP contribution in [0.15, 0.2) is 0 Å². The van der Waals surface area contributed by atoms with Crippen LogP contribution in [0, 0.1) is 11.8 Å². The Hall–Kier alpha value is -0.0800. The molecule has 4 unspecified atom stereocenters. The first-order chi connectivity index (χ1) is 7.67. The Morgan fingerprint density at radius 1 is 1.38 bits per heavy atom. The zero-order chi connectivity index (χ0) is 12.0. The highest BCUT2D eigenvalue weighted by Gasteiger charge is 2.29. The van der Waals surface area contributed by atoms with Gasteiger partial charge in [0.25, 0.3) is 0 Å². The van der Waals surface area contributed by atoms with Gasteiger partial charge in [0.2, 0.25) is 0 Å². The van der Waals surface area contributed by atoms with Gasteiger partial charge in [-0.25, -0.2) is 0 Å². The van der Waals surface area contributed by atoms with E-state index in [2.05, 4.69) is 33.0 Å². The summed E-state index contributed by atoms with van der Waals surface area (Å²) in [6, 6.07) is 0.663. The van der Waals surface area contributed by atoms with Gasteiger partial charge in [-0.1, -0.05) is 33.6 Å². The van der Waals surface area contributed by atoms with Crippen LogP contribution in [0.3, 0.4) is 0 Å². The maximum absolute atomic E-state index is 5.69. The summed E-state index contributed by atoms with van der Waals surface area (Å²) in [7, 11) is 0. The van der Waals surface area contributed by atoms with E-state index in [0.29, 0.717) is 12.1 Å². The van der Waals surface area contributed by atoms with Gasteiger partial charge in [-0.2, -0.15) is 0 Å². The van der Waals surface area contributed by atoms with E-state index in [1.807, 2.05) is 0 Å². The largest absolute Gasteiger partial charge is 0.378 e. The Kier molecular flexibility index (Phi) is 6.37. The average molecular weight is 227 g/mol. The summed E-state index contributed by atoms with van der Waals surface area (Å²) in [6.07, 6.45) is 5.66. The normalized spacial score (nSPS) is 29.2. The summed E-state index contributed by atoms with van der Waals surface area (Å²) >= 11 is 0. The van der Waals surface area contributed by atoms with Crippen molar-refractivity contribution in [2.24, 2.45) is 11.8 Å². The second-order valence-electron chi connectivity index (χ2n) is 5.43. The zero-order valence-corrected chi connectivity index (χ0v) is 11.5. The Morgan fingerprint density at radius 3 is 2.62 bits per heavy atom. The maximum atomic E-state index is 5.69. The lowest BCUT2D eigenvalue weighted by atomic mass is 9.88. The summed E-state index contributed by atoms with van der Waals surface area (Å²) in [6.45, 7) is 11.1. The Balaban J connectivity index is 2.40. The van der Waals surface area contributed by atoms with Crippen LogP contribution in [-0.2, 0) is 4.74 Å². The van der Waals surface area contributed by atoms with E-state index in [0.717, 1.165) is 25.0 Å². The molecule has 0 radical (unpaired) electrons. The van der Waals surface area contributed by atoms with Gasteiger partial charge in [0.1, 0.15) is 0 Å². The molecular formula is C14H29NO. The lowest BCUT2D eigenvalue weighted by Gasteiger charge is -2.26. The van der Waals surface area contributed by atoms with Crippen LogP contribution in [0.25, 0.3) is 0 Å². The first-order valence-corrected chi connectivity index (χ1v) is 7.02. The highest BCUT2D eigenvalue weighted by molar-refractivity contribution is 4.83. The third-order valence-electron chi connectivity index (χ3n) is 3.70. The Labute approximate surface area is 101 Å². The monoisotopic (exact) mass is 227 g/mol. The number of hydrogen-bond donors (Lipinski definition) is 1. The minimum atomic E-state index is 0.465. The molecule has 1 fully saturated rings. The molecule has 4 atom stereocenters. The number of nitrogens with one attached hydrogen (secondary N) is 1. The summed E-state index contributed by atoms with van der Waals surface area (Å²) in [5, 5.41) is 3.65. The lowest BCUT2D eigenvalue weighted by Crippen LogP contribution is -2.38. The molecule has 16 heavy (non-hydrogen) atoms. The smallest absolute Gasteiger partial charge is 0.0551 e. The number of rotatable bonds is 7. The van der Waals surface area contributed by atoms with Crippen molar-refractivity contribution in [3.05, 3.63) is 0 Å². The molecule has 0 saturated carbocycles. The molecular weight excluding hydrogens is 198 g/mol. The molecule has 0 aromatic heterocycles. The molecule has 1 rings (SSSR count). The van der Waals surface area contributed by atoms with E-state index < -0.39 is 0 Å². The molecule has 1 aliphatic heterocycles. The Morgan fingerprint density at radius 2 is 2.12 bits per heavy atom. The van der Waals surface area contributed by atoms with E-state index in [4.69, 9.17) is 4.74 Å². The molecule has 2 nitrogen and oxygen atoms in total. The van der Waals surface area contributed by atoms with E-state index in [1.54, 1.807) is 0 Å². The van der Waals surface area contributed by atoms with E-state index in [-0.39, 0.29) is 0 Å². The van der Waals surface area contributed by atoms with Crippen LogP contribution in [0.4, 0.5) is 0 Å². The van der Waals surface area contributed by atoms with Crippen molar-refractivity contribution < 1.29 is 4.74 Å². The van der Waals surface area contributed by atoms with Crippen LogP contribution in [-0.4, -0.2) is 25.3 Å². The maximum Gasteiger partial charge on any atom is 0.0551 e. The van der Waals surface area contributed by atoms with Crippen molar-refractivity contribution in [3.8, 4) is 0 Å². The van der Waals surface area contributed by atoms with Crippen molar-refractivity contribution in [3.63, 3.8) is 0 Å².